The van der Waals surface area contributed by atoms with Crippen LogP contribution in [0.3, 0.4) is 0 Å². The summed E-state index contributed by atoms with van der Waals surface area (Å²) in [6.45, 7) is 2.50. The maximum Gasteiger partial charge on any atom is 0.269 e. The Kier molecular flexibility index (Phi) is 3.95. The highest BCUT2D eigenvalue weighted by Crippen LogP contribution is 2.34. The van der Waals surface area contributed by atoms with Crippen molar-refractivity contribution in [3.63, 3.8) is 0 Å². The van der Waals surface area contributed by atoms with E-state index < -0.39 is 4.92 Å². The molecule has 0 radical (unpaired) electrons. The summed E-state index contributed by atoms with van der Waals surface area (Å²) < 4.78 is 0. The number of non-ortho nitro benzene ring substituents is 1. The van der Waals surface area contributed by atoms with Crippen molar-refractivity contribution in [2.75, 3.05) is 13.6 Å². The van der Waals surface area contributed by atoms with Crippen LogP contribution in [0.15, 0.2) is 24.3 Å². The number of hydrogen-bond donors (Lipinski definition) is 0. The van der Waals surface area contributed by atoms with Crippen LogP contribution in [0.1, 0.15) is 30.1 Å². The Hall–Kier alpha value is -1.75. The highest BCUT2D eigenvalue weighted by Gasteiger charge is 2.31. The summed E-state index contributed by atoms with van der Waals surface area (Å²) in [6, 6.07) is 6.21. The van der Waals surface area contributed by atoms with E-state index in [4.69, 9.17) is 0 Å². The van der Waals surface area contributed by atoms with E-state index in [1.807, 2.05) is 7.05 Å². The van der Waals surface area contributed by atoms with E-state index in [1.165, 1.54) is 37.1 Å². The molecule has 1 atom stereocenters. The molecule has 0 bridgehead atoms. The second-order valence-corrected chi connectivity index (χ2v) is 5.22. The molecule has 1 aliphatic rings. The number of benzene rings is 1. The lowest BCUT2D eigenvalue weighted by molar-refractivity contribution is -0.384. The number of ketones is 1. The first-order valence-corrected chi connectivity index (χ1v) is 6.47. The quantitative estimate of drug-likeness (QED) is 0.449. The van der Waals surface area contributed by atoms with Crippen LogP contribution in [0.5, 0.6) is 0 Å². The van der Waals surface area contributed by atoms with Gasteiger partial charge in [-0.15, -0.1) is 0 Å². The van der Waals surface area contributed by atoms with E-state index in [-0.39, 0.29) is 11.5 Å². The summed E-state index contributed by atoms with van der Waals surface area (Å²) in [6.07, 6.45) is 2.49. The Morgan fingerprint density at radius 2 is 2.00 bits per heavy atom. The molecule has 1 unspecified atom stereocenters. The van der Waals surface area contributed by atoms with Crippen LogP contribution < -0.4 is 0 Å². The first kappa shape index (κ1) is 13.7. The molecule has 1 saturated carbocycles. The number of rotatable bonds is 6. The Labute approximate surface area is 112 Å². The topological polar surface area (TPSA) is 63.5 Å². The number of carbonyl (C=O) groups excluding carboxylic acids is 1. The fourth-order valence-electron chi connectivity index (χ4n) is 2.17. The van der Waals surface area contributed by atoms with E-state index in [0.29, 0.717) is 18.2 Å². The summed E-state index contributed by atoms with van der Waals surface area (Å²) in [5, 5.41) is 10.5. The molecule has 0 N–H and O–H groups in total. The van der Waals surface area contributed by atoms with Crippen molar-refractivity contribution in [3.8, 4) is 0 Å². The SMILES string of the molecule is CC(C1CC1)N(C)CC(=O)c1ccc([N+](=O)[O-])cc1. The van der Waals surface area contributed by atoms with Gasteiger partial charge in [-0.05, 0) is 44.9 Å². The Balaban J connectivity index is 1.97. The maximum absolute atomic E-state index is 12.1. The van der Waals surface area contributed by atoms with Gasteiger partial charge in [-0.2, -0.15) is 0 Å². The Morgan fingerprint density at radius 3 is 2.47 bits per heavy atom. The fourth-order valence-corrected chi connectivity index (χ4v) is 2.17. The molecular weight excluding hydrogens is 244 g/mol. The average Bonchev–Trinajstić information content (AvgIpc) is 3.22. The van der Waals surface area contributed by atoms with Crippen LogP contribution in [-0.4, -0.2) is 35.2 Å². The Morgan fingerprint density at radius 1 is 1.42 bits per heavy atom. The molecule has 1 aliphatic carbocycles. The lowest BCUT2D eigenvalue weighted by Crippen LogP contribution is -2.35. The number of Topliss-reactive ketones (excluding diaryl/α,β-unsaturated/α-hetero) is 1. The number of hydrogen-bond acceptors (Lipinski definition) is 4. The van der Waals surface area contributed by atoms with Gasteiger partial charge in [0, 0.05) is 23.7 Å². The second kappa shape index (κ2) is 5.48. The summed E-state index contributed by atoms with van der Waals surface area (Å²) >= 11 is 0. The molecule has 102 valence electrons. The summed E-state index contributed by atoms with van der Waals surface area (Å²) in [7, 11) is 1.95. The zero-order chi connectivity index (χ0) is 14.0. The zero-order valence-corrected chi connectivity index (χ0v) is 11.2. The van der Waals surface area contributed by atoms with Gasteiger partial charge in [-0.3, -0.25) is 19.8 Å². The third kappa shape index (κ3) is 3.38. The van der Waals surface area contributed by atoms with Crippen LogP contribution in [0, 0.1) is 16.0 Å². The largest absolute Gasteiger partial charge is 0.296 e. The van der Waals surface area contributed by atoms with Gasteiger partial charge in [-0.25, -0.2) is 0 Å². The van der Waals surface area contributed by atoms with Crippen molar-refractivity contribution < 1.29 is 9.72 Å². The molecule has 5 heteroatoms. The minimum atomic E-state index is -0.463. The van der Waals surface area contributed by atoms with Gasteiger partial charge in [0.2, 0.25) is 0 Å². The zero-order valence-electron chi connectivity index (χ0n) is 11.2. The van der Waals surface area contributed by atoms with Gasteiger partial charge in [-0.1, -0.05) is 0 Å². The standard InChI is InChI=1S/C14H18N2O3/c1-10(11-3-4-11)15(2)9-14(17)12-5-7-13(8-6-12)16(18)19/h5-8,10-11H,3-4,9H2,1-2H3. The minimum absolute atomic E-state index is 0.00454. The average molecular weight is 262 g/mol. The molecule has 0 heterocycles. The number of carbonyl (C=O) groups is 1. The normalized spacial score (nSPS) is 16.4. The van der Waals surface area contributed by atoms with Crippen molar-refractivity contribution in [2.24, 2.45) is 5.92 Å². The summed E-state index contributed by atoms with van der Waals surface area (Å²) in [5.74, 6) is 0.722. The minimum Gasteiger partial charge on any atom is -0.296 e. The van der Waals surface area contributed by atoms with Crippen LogP contribution in [-0.2, 0) is 0 Å². The van der Waals surface area contributed by atoms with Crippen molar-refractivity contribution >= 4 is 11.5 Å². The van der Waals surface area contributed by atoms with Crippen molar-refractivity contribution in [2.45, 2.75) is 25.8 Å². The third-order valence-electron chi connectivity index (χ3n) is 3.79. The number of likely N-dealkylation sites (N-methyl/N-ethyl adjacent to an activating group) is 1. The van der Waals surface area contributed by atoms with Crippen LogP contribution in [0.2, 0.25) is 0 Å². The van der Waals surface area contributed by atoms with Gasteiger partial charge in [0.25, 0.3) is 5.69 Å². The van der Waals surface area contributed by atoms with Crippen molar-refractivity contribution in [3.05, 3.63) is 39.9 Å². The van der Waals surface area contributed by atoms with E-state index in [9.17, 15) is 14.9 Å². The molecule has 19 heavy (non-hydrogen) atoms. The van der Waals surface area contributed by atoms with Crippen LogP contribution in [0.4, 0.5) is 5.69 Å². The van der Waals surface area contributed by atoms with Gasteiger partial charge < -0.3 is 0 Å². The van der Waals surface area contributed by atoms with Crippen molar-refractivity contribution in [1.29, 1.82) is 0 Å². The fraction of sp³-hybridized carbons (Fsp3) is 0.500. The molecule has 0 spiro atoms. The smallest absolute Gasteiger partial charge is 0.269 e. The first-order chi connectivity index (χ1) is 8.99. The predicted molar refractivity (Wildman–Crippen MR) is 72.2 cm³/mol. The number of nitro groups is 1. The van der Waals surface area contributed by atoms with Gasteiger partial charge in [0.05, 0.1) is 11.5 Å². The van der Waals surface area contributed by atoms with E-state index >= 15 is 0 Å². The molecule has 1 aromatic rings. The predicted octanol–water partition coefficient (Wildman–Crippen LogP) is 2.51. The highest BCUT2D eigenvalue weighted by atomic mass is 16.6. The molecule has 0 aromatic heterocycles. The van der Waals surface area contributed by atoms with Crippen LogP contribution in [0.25, 0.3) is 0 Å². The van der Waals surface area contributed by atoms with E-state index in [2.05, 4.69) is 11.8 Å². The summed E-state index contributed by atoms with van der Waals surface area (Å²) in [4.78, 5) is 24.2. The molecule has 1 aromatic carbocycles. The molecular formula is C14H18N2O3. The molecule has 1 fully saturated rings. The maximum atomic E-state index is 12.1. The molecule has 2 rings (SSSR count). The lowest BCUT2D eigenvalue weighted by atomic mass is 10.1. The Bertz CT molecular complexity index is 480. The van der Waals surface area contributed by atoms with Crippen molar-refractivity contribution in [1.82, 2.24) is 4.90 Å². The van der Waals surface area contributed by atoms with E-state index in [1.54, 1.807) is 0 Å². The van der Waals surface area contributed by atoms with E-state index in [0.717, 1.165) is 5.92 Å². The van der Waals surface area contributed by atoms with Crippen LogP contribution >= 0.6 is 0 Å². The summed E-state index contributed by atoms with van der Waals surface area (Å²) in [5.41, 5.74) is 0.539. The molecule has 0 saturated heterocycles. The molecule has 0 amide bonds. The number of nitrogens with zero attached hydrogens (tertiary/aromatic N) is 2. The highest BCUT2D eigenvalue weighted by molar-refractivity contribution is 5.97. The molecule has 5 nitrogen and oxygen atoms in total. The third-order valence-corrected chi connectivity index (χ3v) is 3.79. The van der Waals surface area contributed by atoms with Gasteiger partial charge in [0.15, 0.2) is 5.78 Å². The lowest BCUT2D eigenvalue weighted by Gasteiger charge is -2.23. The van der Waals surface area contributed by atoms with Gasteiger partial charge >= 0.3 is 0 Å². The number of nitro benzene ring substituents is 1. The molecule has 0 aliphatic heterocycles. The second-order valence-electron chi connectivity index (χ2n) is 5.22. The first-order valence-electron chi connectivity index (χ1n) is 6.47. The monoisotopic (exact) mass is 262 g/mol. The van der Waals surface area contributed by atoms with Gasteiger partial charge in [0.1, 0.15) is 0 Å².